The molecule has 34 heavy (non-hydrogen) atoms. The Bertz CT molecular complexity index is 1090. The van der Waals surface area contributed by atoms with Crippen LogP contribution in [0.1, 0.15) is 66.5 Å². The highest BCUT2D eigenvalue weighted by molar-refractivity contribution is 6.31. The number of benzene rings is 3. The summed E-state index contributed by atoms with van der Waals surface area (Å²) in [4.78, 5) is 25.0. The molecule has 0 aliphatic rings. The minimum atomic E-state index is -0.506. The molecule has 0 heterocycles. The van der Waals surface area contributed by atoms with Gasteiger partial charge in [-0.1, -0.05) is 52.1 Å². The number of ketones is 1. The van der Waals surface area contributed by atoms with E-state index < -0.39 is 5.97 Å². The summed E-state index contributed by atoms with van der Waals surface area (Å²) < 4.78 is 10.7. The lowest BCUT2D eigenvalue weighted by atomic mass is 10.0. The maximum Gasteiger partial charge on any atom is 0.343 e. The number of rotatable bonds is 7. The molecule has 0 aromatic heterocycles. The molecule has 3 rings (SSSR count). The van der Waals surface area contributed by atoms with Crippen molar-refractivity contribution >= 4 is 23.4 Å². The lowest BCUT2D eigenvalue weighted by Gasteiger charge is -2.08. The quantitative estimate of drug-likeness (QED) is 0.153. The third-order valence-corrected chi connectivity index (χ3v) is 4.59. The maximum absolute atomic E-state index is 12.6. The summed E-state index contributed by atoms with van der Waals surface area (Å²) in [7, 11) is 0. The van der Waals surface area contributed by atoms with Crippen molar-refractivity contribution < 1.29 is 19.1 Å². The molecule has 0 aliphatic heterocycles. The first-order valence-electron chi connectivity index (χ1n) is 11.3. The molecule has 4 nitrogen and oxygen atoms in total. The molecule has 5 heteroatoms. The van der Waals surface area contributed by atoms with Gasteiger partial charge in [-0.15, -0.1) is 6.42 Å². The van der Waals surface area contributed by atoms with Crippen molar-refractivity contribution in [3.63, 3.8) is 0 Å². The first-order valence-corrected chi connectivity index (χ1v) is 11.7. The summed E-state index contributed by atoms with van der Waals surface area (Å²) >= 11 is 6.06. The fraction of sp³-hybridized carbons (Fsp3) is 0.241. The number of aryl methyl sites for hydroxylation is 1. The zero-order valence-corrected chi connectivity index (χ0v) is 21.1. The normalized spacial score (nSPS) is 9.32. The molecule has 0 saturated carbocycles. The molecule has 0 bridgehead atoms. The van der Waals surface area contributed by atoms with Gasteiger partial charge in [-0.2, -0.15) is 0 Å². The molecule has 0 amide bonds. The van der Waals surface area contributed by atoms with Gasteiger partial charge in [0.15, 0.2) is 5.78 Å². The van der Waals surface area contributed by atoms with Crippen LogP contribution in [-0.2, 0) is 6.42 Å². The number of halogens is 1. The van der Waals surface area contributed by atoms with Crippen LogP contribution >= 0.6 is 11.6 Å². The molecular weight excluding hydrogens is 448 g/mol. The van der Waals surface area contributed by atoms with E-state index in [9.17, 15) is 9.59 Å². The van der Waals surface area contributed by atoms with E-state index >= 15 is 0 Å². The Kier molecular flexibility index (Phi) is 12.8. The highest BCUT2D eigenvalue weighted by Crippen LogP contribution is 2.21. The highest BCUT2D eigenvalue weighted by Gasteiger charge is 2.13. The SMILES string of the molecule is C#CCOc1ccc(C(=O)c2ccc(OC(=O)c3cc(Cl)cc(CC)c3)cc2)cc1.CC.CC. The van der Waals surface area contributed by atoms with Crippen LogP contribution in [0.15, 0.2) is 66.7 Å². The molecular formula is C29H31ClO4. The molecule has 0 spiro atoms. The van der Waals surface area contributed by atoms with E-state index in [0.717, 1.165) is 12.0 Å². The molecule has 0 aliphatic carbocycles. The number of hydrogen-bond donors (Lipinski definition) is 0. The number of hydrogen-bond acceptors (Lipinski definition) is 4. The van der Waals surface area contributed by atoms with Gasteiger partial charge in [0.05, 0.1) is 5.56 Å². The standard InChI is InChI=1S/C25H19ClO4.2C2H6/c1-3-13-29-22-9-5-18(6-10-22)24(27)19-7-11-23(12-8-19)30-25(28)20-14-17(4-2)15-21(26)16-20;2*1-2/h1,5-12,14-16H,4,13H2,2H3;2*1-2H3. The van der Waals surface area contributed by atoms with Gasteiger partial charge < -0.3 is 9.47 Å². The minimum absolute atomic E-state index is 0.154. The molecule has 0 N–H and O–H groups in total. The summed E-state index contributed by atoms with van der Waals surface area (Å²) in [5.41, 5.74) is 2.32. The largest absolute Gasteiger partial charge is 0.481 e. The van der Waals surface area contributed by atoms with Crippen LogP contribution in [0.25, 0.3) is 0 Å². The lowest BCUT2D eigenvalue weighted by Crippen LogP contribution is -2.09. The van der Waals surface area contributed by atoms with Crippen molar-refractivity contribution in [3.8, 4) is 23.8 Å². The van der Waals surface area contributed by atoms with E-state index in [2.05, 4.69) is 5.92 Å². The van der Waals surface area contributed by atoms with E-state index in [1.165, 1.54) is 0 Å². The Morgan fingerprint density at radius 3 is 1.85 bits per heavy atom. The van der Waals surface area contributed by atoms with Crippen LogP contribution in [0, 0.1) is 12.3 Å². The number of ether oxygens (including phenoxy) is 2. The molecule has 3 aromatic carbocycles. The average molecular weight is 479 g/mol. The molecule has 0 fully saturated rings. The molecule has 0 saturated heterocycles. The van der Waals surface area contributed by atoms with Crippen LogP contribution in [-0.4, -0.2) is 18.4 Å². The summed E-state index contributed by atoms with van der Waals surface area (Å²) in [6.07, 6.45) is 5.92. The molecule has 178 valence electrons. The van der Waals surface area contributed by atoms with Crippen LogP contribution in [0.5, 0.6) is 11.5 Å². The Balaban J connectivity index is 0.00000137. The predicted octanol–water partition coefficient (Wildman–Crippen LogP) is 7.42. The summed E-state index contributed by atoms with van der Waals surface area (Å²) in [5.74, 6) is 2.66. The van der Waals surface area contributed by atoms with E-state index in [0.29, 0.717) is 33.2 Å². The van der Waals surface area contributed by atoms with Crippen molar-refractivity contribution in [3.05, 3.63) is 94.0 Å². The smallest absolute Gasteiger partial charge is 0.343 e. The average Bonchev–Trinajstić information content (AvgIpc) is 2.89. The summed E-state index contributed by atoms with van der Waals surface area (Å²) in [5, 5.41) is 0.484. The van der Waals surface area contributed by atoms with Crippen LogP contribution in [0.3, 0.4) is 0 Å². The third-order valence-electron chi connectivity index (χ3n) is 4.37. The van der Waals surface area contributed by atoms with Gasteiger partial charge in [-0.3, -0.25) is 4.79 Å². The second-order valence-electron chi connectivity index (χ2n) is 6.46. The van der Waals surface area contributed by atoms with E-state index in [-0.39, 0.29) is 12.4 Å². The summed E-state index contributed by atoms with van der Waals surface area (Å²) in [6, 6.07) is 18.3. The van der Waals surface area contributed by atoms with E-state index in [4.69, 9.17) is 27.5 Å². The van der Waals surface area contributed by atoms with Gasteiger partial charge in [0, 0.05) is 16.1 Å². The molecule has 0 unspecified atom stereocenters. The number of esters is 1. The van der Waals surface area contributed by atoms with Crippen LogP contribution < -0.4 is 9.47 Å². The van der Waals surface area contributed by atoms with Gasteiger partial charge in [0.1, 0.15) is 18.1 Å². The van der Waals surface area contributed by atoms with Crippen molar-refractivity contribution in [1.82, 2.24) is 0 Å². The van der Waals surface area contributed by atoms with Crippen LogP contribution in [0.4, 0.5) is 0 Å². The van der Waals surface area contributed by atoms with Crippen molar-refractivity contribution in [2.75, 3.05) is 6.61 Å². The zero-order valence-electron chi connectivity index (χ0n) is 20.4. The fourth-order valence-electron chi connectivity index (χ4n) is 2.81. The monoisotopic (exact) mass is 478 g/mol. The van der Waals surface area contributed by atoms with Gasteiger partial charge in [0.2, 0.25) is 0 Å². The molecule has 3 aromatic rings. The number of carbonyl (C=O) groups excluding carboxylic acids is 2. The first kappa shape index (κ1) is 28.5. The second-order valence-corrected chi connectivity index (χ2v) is 6.90. The summed E-state index contributed by atoms with van der Waals surface area (Å²) in [6.45, 7) is 10.1. The minimum Gasteiger partial charge on any atom is -0.481 e. The molecule has 0 atom stereocenters. The van der Waals surface area contributed by atoms with Crippen molar-refractivity contribution in [1.29, 1.82) is 0 Å². The Labute approximate surface area is 207 Å². The van der Waals surface area contributed by atoms with E-state index in [1.807, 2.05) is 40.7 Å². The number of terminal acetylenes is 1. The van der Waals surface area contributed by atoms with Gasteiger partial charge in [0.25, 0.3) is 0 Å². The van der Waals surface area contributed by atoms with Gasteiger partial charge >= 0.3 is 5.97 Å². The Morgan fingerprint density at radius 2 is 1.35 bits per heavy atom. The topological polar surface area (TPSA) is 52.6 Å². The third kappa shape index (κ3) is 8.42. The lowest BCUT2D eigenvalue weighted by molar-refractivity contribution is 0.0734. The second kappa shape index (κ2) is 15.3. The molecule has 0 radical (unpaired) electrons. The Hall–Kier alpha value is -3.55. The zero-order chi connectivity index (χ0) is 25.5. The van der Waals surface area contributed by atoms with Gasteiger partial charge in [-0.05, 0) is 78.7 Å². The van der Waals surface area contributed by atoms with Crippen molar-refractivity contribution in [2.45, 2.75) is 41.0 Å². The van der Waals surface area contributed by atoms with Crippen LogP contribution in [0.2, 0.25) is 5.02 Å². The maximum atomic E-state index is 12.6. The first-order chi connectivity index (χ1) is 16.5. The van der Waals surface area contributed by atoms with Gasteiger partial charge in [-0.25, -0.2) is 4.79 Å². The van der Waals surface area contributed by atoms with E-state index in [1.54, 1.807) is 60.7 Å². The Morgan fingerprint density at radius 1 is 0.824 bits per heavy atom. The highest BCUT2D eigenvalue weighted by atomic mass is 35.5. The fourth-order valence-corrected chi connectivity index (χ4v) is 3.06. The van der Waals surface area contributed by atoms with Crippen molar-refractivity contribution in [2.24, 2.45) is 0 Å². The number of carbonyl (C=O) groups is 2. The predicted molar refractivity (Wildman–Crippen MR) is 139 cm³/mol.